The fraction of sp³-hybridized carbons (Fsp3) is 0.952. The van der Waals surface area contributed by atoms with Crippen molar-refractivity contribution in [3.8, 4) is 0 Å². The topological polar surface area (TPSA) is 29.5 Å². The minimum Gasteiger partial charge on any atom is -0.381 e. The Hall–Kier alpha value is -0.570. The number of carbonyl (C=O) groups excluding carboxylic acids is 1. The van der Waals surface area contributed by atoms with Crippen LogP contribution in [0.3, 0.4) is 0 Å². The number of carbonyl (C=O) groups is 1. The number of methoxy groups -OCH3 is 1. The van der Waals surface area contributed by atoms with E-state index in [0.29, 0.717) is 28.9 Å². The second-order valence-electron chi connectivity index (χ2n) is 10.0. The summed E-state index contributed by atoms with van der Waals surface area (Å²) in [5, 5.41) is 0. The lowest BCUT2D eigenvalue weighted by atomic mass is 9.45. The number of fused-ring (bicyclic) bond motifs is 5. The van der Waals surface area contributed by atoms with Gasteiger partial charge in [0.25, 0.3) is 0 Å². The first kappa shape index (κ1) is 16.9. The molecule has 1 heterocycles. The zero-order valence-corrected chi connectivity index (χ0v) is 16.2. The number of amides is 1. The number of hydrogen-bond donors (Lipinski definition) is 0. The molecule has 8 atom stereocenters. The molecule has 0 unspecified atom stereocenters. The Labute approximate surface area is 147 Å². The quantitative estimate of drug-likeness (QED) is 0.723. The van der Waals surface area contributed by atoms with Gasteiger partial charge in [0.15, 0.2) is 0 Å². The van der Waals surface area contributed by atoms with Crippen LogP contribution in [-0.2, 0) is 9.53 Å². The van der Waals surface area contributed by atoms with Crippen molar-refractivity contribution in [3.05, 3.63) is 0 Å². The maximum Gasteiger partial charge on any atom is 0.222 e. The molecule has 0 aromatic heterocycles. The molecule has 0 aromatic rings. The summed E-state index contributed by atoms with van der Waals surface area (Å²) in [6.07, 6.45) is 8.74. The van der Waals surface area contributed by atoms with Gasteiger partial charge in [-0.2, -0.15) is 0 Å². The van der Waals surface area contributed by atoms with Gasteiger partial charge in [-0.3, -0.25) is 4.79 Å². The molecule has 4 fully saturated rings. The maximum absolute atomic E-state index is 12.3. The van der Waals surface area contributed by atoms with Crippen LogP contribution >= 0.6 is 0 Å². The molecule has 4 aliphatic rings. The van der Waals surface area contributed by atoms with Crippen LogP contribution in [0.2, 0.25) is 0 Å². The second-order valence-corrected chi connectivity index (χ2v) is 10.0. The summed E-state index contributed by atoms with van der Waals surface area (Å²) >= 11 is 0. The lowest BCUT2D eigenvalue weighted by molar-refractivity contribution is -0.164. The monoisotopic (exact) mass is 333 g/mol. The van der Waals surface area contributed by atoms with E-state index >= 15 is 0 Å². The van der Waals surface area contributed by atoms with Gasteiger partial charge in [-0.25, -0.2) is 0 Å². The van der Waals surface area contributed by atoms with Gasteiger partial charge in [0, 0.05) is 26.6 Å². The van der Waals surface area contributed by atoms with E-state index in [1.165, 1.54) is 32.1 Å². The third-order valence-corrected chi connectivity index (χ3v) is 8.99. The molecular formula is C21H35NO2. The SMILES string of the molecule is CO[C@H]1C[C@H]2[C@@H]3[C@@H](C)C[C@H]4N(C)C(=O)CC[C@]4(C)[C@H]3CC[C@]2(C)C1. The van der Waals surface area contributed by atoms with E-state index in [4.69, 9.17) is 4.74 Å². The summed E-state index contributed by atoms with van der Waals surface area (Å²) < 4.78 is 5.79. The van der Waals surface area contributed by atoms with E-state index in [1.54, 1.807) is 0 Å². The fourth-order valence-electron chi connectivity index (χ4n) is 7.64. The van der Waals surface area contributed by atoms with Gasteiger partial charge in [0.2, 0.25) is 5.91 Å². The third kappa shape index (κ3) is 2.15. The highest BCUT2D eigenvalue weighted by atomic mass is 16.5. The molecule has 3 heteroatoms. The van der Waals surface area contributed by atoms with Gasteiger partial charge in [0.1, 0.15) is 0 Å². The molecule has 136 valence electrons. The molecule has 1 saturated heterocycles. The smallest absolute Gasteiger partial charge is 0.222 e. The predicted octanol–water partition coefficient (Wildman–Crippen LogP) is 4.11. The highest BCUT2D eigenvalue weighted by Crippen LogP contribution is 2.66. The number of nitrogens with zero attached hydrogens (tertiary/aromatic N) is 1. The Kier molecular flexibility index (Phi) is 3.84. The summed E-state index contributed by atoms with van der Waals surface area (Å²) in [5.74, 6) is 3.52. The van der Waals surface area contributed by atoms with Gasteiger partial charge < -0.3 is 9.64 Å². The van der Waals surface area contributed by atoms with Crippen LogP contribution in [-0.4, -0.2) is 37.1 Å². The molecule has 24 heavy (non-hydrogen) atoms. The molecule has 4 rings (SSSR count). The zero-order valence-electron chi connectivity index (χ0n) is 16.2. The van der Waals surface area contributed by atoms with Crippen LogP contribution in [0.5, 0.6) is 0 Å². The van der Waals surface area contributed by atoms with Crippen LogP contribution in [0.4, 0.5) is 0 Å². The summed E-state index contributed by atoms with van der Waals surface area (Å²) in [4.78, 5) is 14.4. The van der Waals surface area contributed by atoms with Gasteiger partial charge in [-0.15, -0.1) is 0 Å². The van der Waals surface area contributed by atoms with E-state index in [2.05, 4.69) is 32.7 Å². The van der Waals surface area contributed by atoms with Crippen molar-refractivity contribution in [2.24, 2.45) is 34.5 Å². The molecule has 0 bridgehead atoms. The first-order valence-electron chi connectivity index (χ1n) is 10.1. The minimum atomic E-state index is 0.326. The van der Waals surface area contributed by atoms with Crippen LogP contribution in [0, 0.1) is 34.5 Å². The molecule has 1 amide bonds. The van der Waals surface area contributed by atoms with Gasteiger partial charge >= 0.3 is 0 Å². The van der Waals surface area contributed by atoms with Crippen molar-refractivity contribution >= 4 is 5.91 Å². The Morgan fingerprint density at radius 3 is 2.62 bits per heavy atom. The van der Waals surface area contributed by atoms with Crippen LogP contribution < -0.4 is 0 Å². The van der Waals surface area contributed by atoms with Crippen LogP contribution in [0.25, 0.3) is 0 Å². The molecule has 0 radical (unpaired) electrons. The highest BCUT2D eigenvalue weighted by molar-refractivity contribution is 5.77. The van der Waals surface area contributed by atoms with Crippen molar-refractivity contribution in [2.45, 2.75) is 77.9 Å². The Bertz CT molecular complexity index is 534. The van der Waals surface area contributed by atoms with Crippen LogP contribution in [0.1, 0.15) is 65.7 Å². The number of rotatable bonds is 1. The summed E-state index contributed by atoms with van der Waals surface area (Å²) in [6.45, 7) is 7.51. The van der Waals surface area contributed by atoms with E-state index in [-0.39, 0.29) is 0 Å². The minimum absolute atomic E-state index is 0.326. The van der Waals surface area contributed by atoms with E-state index < -0.39 is 0 Å². The summed E-state index contributed by atoms with van der Waals surface area (Å²) in [6, 6.07) is 0.457. The van der Waals surface area contributed by atoms with Crippen molar-refractivity contribution in [1.29, 1.82) is 0 Å². The number of piperidine rings is 1. The van der Waals surface area contributed by atoms with Crippen molar-refractivity contribution in [1.82, 2.24) is 4.90 Å². The summed E-state index contributed by atoms with van der Waals surface area (Å²) in [7, 11) is 3.95. The van der Waals surface area contributed by atoms with Gasteiger partial charge in [-0.1, -0.05) is 20.8 Å². The number of hydrogen-bond acceptors (Lipinski definition) is 2. The van der Waals surface area contributed by atoms with Gasteiger partial charge in [0.05, 0.1) is 6.10 Å². The Balaban J connectivity index is 1.68. The fourth-order valence-corrected chi connectivity index (χ4v) is 7.64. The third-order valence-electron chi connectivity index (χ3n) is 8.99. The predicted molar refractivity (Wildman–Crippen MR) is 95.5 cm³/mol. The maximum atomic E-state index is 12.3. The Morgan fingerprint density at radius 2 is 1.92 bits per heavy atom. The zero-order chi connectivity index (χ0) is 17.3. The second kappa shape index (κ2) is 5.46. The van der Waals surface area contributed by atoms with Crippen LogP contribution in [0.15, 0.2) is 0 Å². The molecule has 1 aliphatic heterocycles. The Morgan fingerprint density at radius 1 is 1.17 bits per heavy atom. The number of ether oxygens (including phenoxy) is 1. The summed E-state index contributed by atoms with van der Waals surface area (Å²) in [5.41, 5.74) is 0.808. The van der Waals surface area contributed by atoms with Crippen molar-refractivity contribution < 1.29 is 9.53 Å². The van der Waals surface area contributed by atoms with E-state index in [9.17, 15) is 4.79 Å². The van der Waals surface area contributed by atoms with E-state index in [0.717, 1.165) is 36.5 Å². The normalized spacial score (nSPS) is 54.2. The first-order chi connectivity index (χ1) is 11.3. The first-order valence-corrected chi connectivity index (χ1v) is 10.1. The average molecular weight is 334 g/mol. The van der Waals surface area contributed by atoms with Crippen molar-refractivity contribution in [2.75, 3.05) is 14.2 Å². The largest absolute Gasteiger partial charge is 0.381 e. The molecule has 3 aliphatic carbocycles. The molecule has 3 nitrogen and oxygen atoms in total. The molecular weight excluding hydrogens is 298 g/mol. The van der Waals surface area contributed by atoms with Crippen molar-refractivity contribution in [3.63, 3.8) is 0 Å². The molecule has 3 saturated carbocycles. The van der Waals surface area contributed by atoms with Gasteiger partial charge in [-0.05, 0) is 73.0 Å². The lowest BCUT2D eigenvalue weighted by Gasteiger charge is -2.63. The average Bonchev–Trinajstić information content (AvgIpc) is 2.90. The molecule has 0 spiro atoms. The lowest BCUT2D eigenvalue weighted by Crippen LogP contribution is -2.62. The van der Waals surface area contributed by atoms with E-state index in [1.807, 2.05) is 7.11 Å². The highest BCUT2D eigenvalue weighted by Gasteiger charge is 2.62. The number of likely N-dealkylation sites (tertiary alicyclic amines) is 1. The molecule has 0 aromatic carbocycles. The standard InChI is InChI=1S/C21H35NO2/c1-13-10-17-21(3,9-7-18(23)22(17)4)15-6-8-20(2)12-14(24-5)11-16(20)19(13)15/h13-17,19H,6-12H2,1-5H3/t13-,14-,15-,16-,17+,19+,20+,21+/m0/s1. The molecule has 0 N–H and O–H groups in total.